The lowest BCUT2D eigenvalue weighted by Crippen LogP contribution is -2.22. The summed E-state index contributed by atoms with van der Waals surface area (Å²) in [7, 11) is 0. The van der Waals surface area contributed by atoms with Gasteiger partial charge < -0.3 is 11.1 Å². The van der Waals surface area contributed by atoms with Crippen molar-refractivity contribution in [3.63, 3.8) is 0 Å². The highest BCUT2D eigenvalue weighted by atomic mass is 127. The molecule has 1 fully saturated rings. The first-order chi connectivity index (χ1) is 12.2. The van der Waals surface area contributed by atoms with Gasteiger partial charge in [0, 0.05) is 12.2 Å². The fraction of sp³-hybridized carbons (Fsp3) is 0.381. The van der Waals surface area contributed by atoms with E-state index in [1.807, 2.05) is 12.1 Å². The minimum absolute atomic E-state index is 0. The number of anilines is 1. The van der Waals surface area contributed by atoms with Gasteiger partial charge >= 0.3 is 0 Å². The van der Waals surface area contributed by atoms with Crippen LogP contribution in [0, 0.1) is 0 Å². The van der Waals surface area contributed by atoms with E-state index in [9.17, 15) is 0 Å². The van der Waals surface area contributed by atoms with Gasteiger partial charge in [0.1, 0.15) is 0 Å². The Hall–Kier alpha value is -1.60. The molecule has 0 aromatic heterocycles. The number of nitrogens with one attached hydrogen (secondary N) is 1. The van der Waals surface area contributed by atoms with Crippen LogP contribution in [0.25, 0.3) is 0 Å². The van der Waals surface area contributed by atoms with Gasteiger partial charge in [-0.25, -0.2) is 4.99 Å². The predicted octanol–water partition coefficient (Wildman–Crippen LogP) is 4.39. The maximum absolute atomic E-state index is 6.00. The predicted molar refractivity (Wildman–Crippen MR) is 121 cm³/mol. The Morgan fingerprint density at radius 3 is 2.15 bits per heavy atom. The number of aryl methyl sites for hydroxylation is 1. The highest BCUT2D eigenvalue weighted by molar-refractivity contribution is 14.0. The molecule has 0 aliphatic carbocycles. The average Bonchev–Trinajstić information content (AvgIpc) is 3.15. The largest absolute Gasteiger partial charge is 0.370 e. The van der Waals surface area contributed by atoms with Crippen molar-refractivity contribution in [3.8, 4) is 0 Å². The molecule has 1 saturated heterocycles. The Kier molecular flexibility index (Phi) is 8.38. The second kappa shape index (κ2) is 10.5. The molecular weight excluding hydrogens is 435 g/mol. The minimum Gasteiger partial charge on any atom is -0.370 e. The van der Waals surface area contributed by atoms with Crippen molar-refractivity contribution in [2.75, 3.05) is 18.4 Å². The molecule has 26 heavy (non-hydrogen) atoms. The van der Waals surface area contributed by atoms with Crippen LogP contribution in [0.5, 0.6) is 0 Å². The first-order valence-corrected chi connectivity index (χ1v) is 9.19. The van der Waals surface area contributed by atoms with Crippen LogP contribution in [0.4, 0.5) is 5.69 Å². The van der Waals surface area contributed by atoms with Gasteiger partial charge in [-0.1, -0.05) is 43.3 Å². The van der Waals surface area contributed by atoms with E-state index in [-0.39, 0.29) is 24.0 Å². The number of hydrogen-bond donors (Lipinski definition) is 2. The average molecular weight is 464 g/mol. The van der Waals surface area contributed by atoms with Crippen LogP contribution < -0.4 is 11.1 Å². The number of hydrogen-bond acceptors (Lipinski definition) is 2. The molecule has 1 heterocycles. The number of likely N-dealkylation sites (tertiary alicyclic amines) is 1. The quantitative estimate of drug-likeness (QED) is 0.379. The van der Waals surface area contributed by atoms with Gasteiger partial charge in [-0.3, -0.25) is 4.90 Å². The van der Waals surface area contributed by atoms with Crippen molar-refractivity contribution in [1.29, 1.82) is 0 Å². The molecule has 3 rings (SSSR count). The van der Waals surface area contributed by atoms with E-state index in [4.69, 9.17) is 5.73 Å². The van der Waals surface area contributed by atoms with Crippen LogP contribution in [0.15, 0.2) is 53.5 Å². The zero-order chi connectivity index (χ0) is 17.5. The molecule has 0 bridgehead atoms. The summed E-state index contributed by atoms with van der Waals surface area (Å²) in [6.07, 6.45) is 3.71. The standard InChI is InChI=1S/C21H28N4.HI/c1-2-17-9-11-20(12-10-17)24-21(22)23-15-18-5-7-19(8-6-18)16-25-13-3-4-14-25;/h5-12H,2-4,13-16H2,1H3,(H3,22,23,24);1H. The van der Waals surface area contributed by atoms with E-state index >= 15 is 0 Å². The summed E-state index contributed by atoms with van der Waals surface area (Å²) in [5.74, 6) is 0.449. The number of aliphatic imine (C=N–C) groups is 1. The molecule has 0 unspecified atom stereocenters. The van der Waals surface area contributed by atoms with Gasteiger partial charge in [0.2, 0.25) is 0 Å². The van der Waals surface area contributed by atoms with Crippen LogP contribution in [-0.4, -0.2) is 23.9 Å². The summed E-state index contributed by atoms with van der Waals surface area (Å²) in [6.45, 7) is 6.26. The lowest BCUT2D eigenvalue weighted by Gasteiger charge is -2.14. The Morgan fingerprint density at radius 1 is 0.962 bits per heavy atom. The third kappa shape index (κ3) is 6.29. The van der Waals surface area contributed by atoms with Crippen molar-refractivity contribution in [2.24, 2.45) is 10.7 Å². The zero-order valence-corrected chi connectivity index (χ0v) is 17.8. The summed E-state index contributed by atoms with van der Waals surface area (Å²) in [5, 5.41) is 3.14. The summed E-state index contributed by atoms with van der Waals surface area (Å²) in [4.78, 5) is 6.95. The molecule has 2 aromatic rings. The molecule has 2 aromatic carbocycles. The third-order valence-electron chi connectivity index (χ3n) is 4.69. The highest BCUT2D eigenvalue weighted by Gasteiger charge is 2.11. The van der Waals surface area contributed by atoms with Gasteiger partial charge in [-0.15, -0.1) is 24.0 Å². The summed E-state index contributed by atoms with van der Waals surface area (Å²) in [5.41, 5.74) is 10.8. The molecule has 0 radical (unpaired) electrons. The fourth-order valence-electron chi connectivity index (χ4n) is 3.14. The number of benzene rings is 2. The second-order valence-corrected chi connectivity index (χ2v) is 6.68. The highest BCUT2D eigenvalue weighted by Crippen LogP contribution is 2.14. The topological polar surface area (TPSA) is 53.6 Å². The summed E-state index contributed by atoms with van der Waals surface area (Å²) in [6, 6.07) is 17.0. The van der Waals surface area contributed by atoms with E-state index in [0.29, 0.717) is 12.5 Å². The van der Waals surface area contributed by atoms with E-state index < -0.39 is 0 Å². The second-order valence-electron chi connectivity index (χ2n) is 6.68. The zero-order valence-electron chi connectivity index (χ0n) is 15.4. The SMILES string of the molecule is CCc1ccc(NC(N)=NCc2ccc(CN3CCCC3)cc2)cc1.I. The van der Waals surface area contributed by atoms with E-state index in [2.05, 4.69) is 58.5 Å². The number of rotatable bonds is 6. The van der Waals surface area contributed by atoms with Crippen molar-refractivity contribution < 1.29 is 0 Å². The lowest BCUT2D eigenvalue weighted by molar-refractivity contribution is 0.331. The normalized spacial score (nSPS) is 14.9. The number of nitrogens with two attached hydrogens (primary N) is 1. The van der Waals surface area contributed by atoms with Gasteiger partial charge in [0.25, 0.3) is 0 Å². The van der Waals surface area contributed by atoms with Crippen molar-refractivity contribution >= 4 is 35.6 Å². The minimum atomic E-state index is 0. The maximum Gasteiger partial charge on any atom is 0.193 e. The number of guanidine groups is 1. The van der Waals surface area contributed by atoms with Crippen molar-refractivity contribution in [2.45, 2.75) is 39.3 Å². The molecule has 4 nitrogen and oxygen atoms in total. The Bertz CT molecular complexity index is 689. The van der Waals surface area contributed by atoms with Gasteiger partial charge in [-0.2, -0.15) is 0 Å². The summed E-state index contributed by atoms with van der Waals surface area (Å²) >= 11 is 0. The Morgan fingerprint density at radius 2 is 1.54 bits per heavy atom. The molecule has 0 saturated carbocycles. The Labute approximate surface area is 173 Å². The van der Waals surface area contributed by atoms with Crippen molar-refractivity contribution in [1.82, 2.24) is 4.90 Å². The van der Waals surface area contributed by atoms with Gasteiger partial charge in [0.15, 0.2) is 5.96 Å². The smallest absolute Gasteiger partial charge is 0.193 e. The van der Waals surface area contributed by atoms with E-state index in [1.54, 1.807) is 0 Å². The Balaban J connectivity index is 0.00000243. The first-order valence-electron chi connectivity index (χ1n) is 9.19. The molecule has 1 aliphatic rings. The van der Waals surface area contributed by atoms with Crippen LogP contribution in [0.1, 0.15) is 36.5 Å². The fourth-order valence-corrected chi connectivity index (χ4v) is 3.14. The monoisotopic (exact) mass is 464 g/mol. The molecular formula is C21H29IN4. The third-order valence-corrected chi connectivity index (χ3v) is 4.69. The van der Waals surface area contributed by atoms with E-state index in [0.717, 1.165) is 18.7 Å². The molecule has 0 amide bonds. The van der Waals surface area contributed by atoms with Crippen LogP contribution >= 0.6 is 24.0 Å². The van der Waals surface area contributed by atoms with Gasteiger partial charge in [-0.05, 0) is 61.2 Å². The van der Waals surface area contributed by atoms with Crippen LogP contribution in [0.3, 0.4) is 0 Å². The van der Waals surface area contributed by atoms with Crippen LogP contribution in [0.2, 0.25) is 0 Å². The molecule has 5 heteroatoms. The van der Waals surface area contributed by atoms with E-state index in [1.165, 1.54) is 42.6 Å². The molecule has 0 spiro atoms. The van der Waals surface area contributed by atoms with Crippen LogP contribution in [-0.2, 0) is 19.5 Å². The van der Waals surface area contributed by atoms with Gasteiger partial charge in [0.05, 0.1) is 6.54 Å². The van der Waals surface area contributed by atoms with Crippen molar-refractivity contribution in [3.05, 3.63) is 65.2 Å². The maximum atomic E-state index is 6.00. The number of nitrogens with zero attached hydrogens (tertiary/aromatic N) is 2. The summed E-state index contributed by atoms with van der Waals surface area (Å²) < 4.78 is 0. The number of halogens is 1. The lowest BCUT2D eigenvalue weighted by atomic mass is 10.1. The molecule has 1 aliphatic heterocycles. The first kappa shape index (κ1) is 20.7. The molecule has 3 N–H and O–H groups in total. The molecule has 140 valence electrons. The molecule has 0 atom stereocenters.